The zero-order valence-corrected chi connectivity index (χ0v) is 14.7. The smallest absolute Gasteiger partial charge is 0.254 e. The molecule has 0 bridgehead atoms. The Balaban J connectivity index is 1.66. The van der Waals surface area contributed by atoms with E-state index in [2.05, 4.69) is 15.1 Å². The van der Waals surface area contributed by atoms with Gasteiger partial charge >= 0.3 is 0 Å². The maximum atomic E-state index is 13.7. The Hall–Kier alpha value is -2.70. The van der Waals surface area contributed by atoms with Gasteiger partial charge in [-0.1, -0.05) is 6.07 Å². The topological polar surface area (TPSA) is 52.6 Å². The lowest BCUT2D eigenvalue weighted by atomic mass is 10.1. The fraction of sp³-hybridized carbons (Fsp3) is 0.389. The zero-order chi connectivity index (χ0) is 18.0. The van der Waals surface area contributed by atoms with E-state index >= 15 is 0 Å². The average Bonchev–Trinajstić information content (AvgIpc) is 2.63. The lowest BCUT2D eigenvalue weighted by Crippen LogP contribution is -2.49. The summed E-state index contributed by atoms with van der Waals surface area (Å²) in [6.07, 6.45) is 1.72. The standard InChI is InChI=1S/C18H22FN5O/c1-13-4-5-14(10-16(13)19)18(25)24-8-6-23(7-9-24)17-11-15(22(2)3)12-20-21-17/h4-5,10-12H,6-9H2,1-3H3. The first-order chi connectivity index (χ1) is 12.0. The van der Waals surface area contributed by atoms with Crippen molar-refractivity contribution in [2.24, 2.45) is 0 Å². The van der Waals surface area contributed by atoms with E-state index < -0.39 is 0 Å². The predicted octanol–water partition coefficient (Wildman–Crippen LogP) is 1.95. The van der Waals surface area contributed by atoms with Crippen molar-refractivity contribution in [1.29, 1.82) is 0 Å². The number of halogens is 1. The molecule has 0 unspecified atom stereocenters. The predicted molar refractivity (Wildman–Crippen MR) is 95.6 cm³/mol. The second-order valence-electron chi connectivity index (χ2n) is 6.41. The Bertz CT molecular complexity index is 772. The summed E-state index contributed by atoms with van der Waals surface area (Å²) in [5, 5.41) is 8.24. The summed E-state index contributed by atoms with van der Waals surface area (Å²) < 4.78 is 13.7. The van der Waals surface area contributed by atoms with Crippen LogP contribution in [0.15, 0.2) is 30.5 Å². The minimum absolute atomic E-state index is 0.133. The number of amides is 1. The third kappa shape index (κ3) is 3.70. The Kier molecular flexibility index (Phi) is 4.83. The molecule has 3 rings (SSSR count). The first-order valence-corrected chi connectivity index (χ1v) is 8.26. The van der Waals surface area contributed by atoms with E-state index in [1.54, 1.807) is 30.2 Å². The van der Waals surface area contributed by atoms with E-state index in [4.69, 9.17) is 0 Å². The maximum Gasteiger partial charge on any atom is 0.254 e. The Morgan fingerprint density at radius 1 is 1.16 bits per heavy atom. The number of aryl methyl sites for hydroxylation is 1. The second-order valence-corrected chi connectivity index (χ2v) is 6.41. The highest BCUT2D eigenvalue weighted by Gasteiger charge is 2.23. The van der Waals surface area contributed by atoms with Gasteiger partial charge in [0.25, 0.3) is 5.91 Å². The number of rotatable bonds is 3. The van der Waals surface area contributed by atoms with Crippen molar-refractivity contribution in [3.05, 3.63) is 47.4 Å². The molecular weight excluding hydrogens is 321 g/mol. The largest absolute Gasteiger partial charge is 0.376 e. The van der Waals surface area contributed by atoms with Crippen molar-refractivity contribution in [2.45, 2.75) is 6.92 Å². The van der Waals surface area contributed by atoms with Crippen molar-refractivity contribution in [2.75, 3.05) is 50.1 Å². The molecule has 2 heterocycles. The van der Waals surface area contributed by atoms with Crippen LogP contribution in [0, 0.1) is 12.7 Å². The molecule has 0 saturated carbocycles. The van der Waals surface area contributed by atoms with Crippen LogP contribution in [0.3, 0.4) is 0 Å². The highest BCUT2D eigenvalue weighted by molar-refractivity contribution is 5.94. The molecule has 1 saturated heterocycles. The molecule has 2 aromatic rings. The summed E-state index contributed by atoms with van der Waals surface area (Å²) in [4.78, 5) is 18.4. The third-order valence-electron chi connectivity index (χ3n) is 4.45. The number of benzene rings is 1. The molecule has 1 aromatic heterocycles. The van der Waals surface area contributed by atoms with Gasteiger partial charge in [-0.05, 0) is 24.6 Å². The molecule has 1 aliphatic heterocycles. The number of piperazine rings is 1. The van der Waals surface area contributed by atoms with E-state index in [9.17, 15) is 9.18 Å². The maximum absolute atomic E-state index is 13.7. The highest BCUT2D eigenvalue weighted by Crippen LogP contribution is 2.19. The van der Waals surface area contributed by atoms with E-state index in [0.717, 1.165) is 11.5 Å². The van der Waals surface area contributed by atoms with Gasteiger partial charge in [0.2, 0.25) is 0 Å². The summed E-state index contributed by atoms with van der Waals surface area (Å²) in [6.45, 7) is 4.17. The fourth-order valence-corrected chi connectivity index (χ4v) is 2.79. The van der Waals surface area contributed by atoms with Gasteiger partial charge in [0.15, 0.2) is 5.82 Å². The Labute approximate surface area is 146 Å². The molecule has 25 heavy (non-hydrogen) atoms. The molecule has 0 aliphatic carbocycles. The van der Waals surface area contributed by atoms with Gasteiger partial charge in [-0.3, -0.25) is 4.79 Å². The van der Waals surface area contributed by atoms with Crippen LogP contribution >= 0.6 is 0 Å². The van der Waals surface area contributed by atoms with Crippen LogP contribution in [0.4, 0.5) is 15.9 Å². The molecule has 0 atom stereocenters. The number of nitrogens with zero attached hydrogens (tertiary/aromatic N) is 5. The van der Waals surface area contributed by atoms with Crippen LogP contribution in [0.2, 0.25) is 0 Å². The van der Waals surface area contributed by atoms with Gasteiger partial charge in [-0.15, -0.1) is 5.10 Å². The first kappa shape index (κ1) is 17.1. The molecule has 0 radical (unpaired) electrons. The third-order valence-corrected chi connectivity index (χ3v) is 4.45. The van der Waals surface area contributed by atoms with Crippen molar-refractivity contribution in [3.8, 4) is 0 Å². The summed E-state index contributed by atoms with van der Waals surface area (Å²) in [7, 11) is 3.91. The van der Waals surface area contributed by atoms with Crippen LogP contribution in [0.1, 0.15) is 15.9 Å². The van der Waals surface area contributed by atoms with Crippen LogP contribution in [-0.2, 0) is 0 Å². The SMILES string of the molecule is Cc1ccc(C(=O)N2CCN(c3cc(N(C)C)cnn3)CC2)cc1F. The van der Waals surface area contributed by atoms with Crippen molar-refractivity contribution < 1.29 is 9.18 Å². The number of hydrogen-bond donors (Lipinski definition) is 0. The number of aromatic nitrogens is 2. The highest BCUT2D eigenvalue weighted by atomic mass is 19.1. The summed E-state index contributed by atoms with van der Waals surface area (Å²) in [6, 6.07) is 6.62. The fourth-order valence-electron chi connectivity index (χ4n) is 2.79. The number of carbonyl (C=O) groups excluding carboxylic acids is 1. The molecule has 1 aromatic carbocycles. The monoisotopic (exact) mass is 343 g/mol. The van der Waals surface area contributed by atoms with Crippen LogP contribution in [0.5, 0.6) is 0 Å². The van der Waals surface area contributed by atoms with Gasteiger partial charge in [0.1, 0.15) is 5.82 Å². The molecule has 7 heteroatoms. The molecule has 6 nitrogen and oxygen atoms in total. The molecule has 0 spiro atoms. The Morgan fingerprint density at radius 2 is 1.88 bits per heavy atom. The van der Waals surface area contributed by atoms with Gasteiger partial charge in [-0.2, -0.15) is 5.10 Å². The average molecular weight is 343 g/mol. The lowest BCUT2D eigenvalue weighted by Gasteiger charge is -2.35. The van der Waals surface area contributed by atoms with Gasteiger partial charge in [0.05, 0.1) is 11.9 Å². The number of hydrogen-bond acceptors (Lipinski definition) is 5. The zero-order valence-electron chi connectivity index (χ0n) is 14.7. The van der Waals surface area contributed by atoms with Crippen molar-refractivity contribution in [3.63, 3.8) is 0 Å². The molecule has 1 fully saturated rings. The molecule has 0 N–H and O–H groups in total. The van der Waals surface area contributed by atoms with Crippen molar-refractivity contribution >= 4 is 17.4 Å². The quantitative estimate of drug-likeness (QED) is 0.853. The molecule has 1 aliphatic rings. The summed E-state index contributed by atoms with van der Waals surface area (Å²) >= 11 is 0. The Morgan fingerprint density at radius 3 is 2.52 bits per heavy atom. The minimum Gasteiger partial charge on any atom is -0.376 e. The summed E-state index contributed by atoms with van der Waals surface area (Å²) in [5.74, 6) is 0.326. The van der Waals surface area contributed by atoms with Gasteiger partial charge in [0, 0.05) is 51.9 Å². The van der Waals surface area contributed by atoms with Crippen LogP contribution < -0.4 is 9.80 Å². The first-order valence-electron chi connectivity index (χ1n) is 8.26. The van der Waals surface area contributed by atoms with E-state index in [-0.39, 0.29) is 11.7 Å². The van der Waals surface area contributed by atoms with Gasteiger partial charge < -0.3 is 14.7 Å². The molecule has 132 valence electrons. The second kappa shape index (κ2) is 7.04. The van der Waals surface area contributed by atoms with Crippen LogP contribution in [-0.4, -0.2) is 61.3 Å². The number of anilines is 2. The minimum atomic E-state index is -0.347. The lowest BCUT2D eigenvalue weighted by molar-refractivity contribution is 0.0746. The van der Waals surface area contributed by atoms with E-state index in [1.807, 2.05) is 25.1 Å². The van der Waals surface area contributed by atoms with Gasteiger partial charge in [-0.25, -0.2) is 4.39 Å². The van der Waals surface area contributed by atoms with E-state index in [1.165, 1.54) is 6.07 Å². The molecule has 1 amide bonds. The van der Waals surface area contributed by atoms with E-state index in [0.29, 0.717) is 37.3 Å². The summed E-state index contributed by atoms with van der Waals surface area (Å²) in [5.41, 5.74) is 1.92. The normalized spacial score (nSPS) is 14.6. The van der Waals surface area contributed by atoms with Crippen molar-refractivity contribution in [1.82, 2.24) is 15.1 Å². The number of carbonyl (C=O) groups is 1. The molecular formula is C18H22FN5O. The van der Waals surface area contributed by atoms with Crippen LogP contribution in [0.25, 0.3) is 0 Å².